The van der Waals surface area contributed by atoms with Gasteiger partial charge in [-0.1, -0.05) is 15.9 Å². The van der Waals surface area contributed by atoms with E-state index in [0.29, 0.717) is 5.33 Å². The number of carbonyl (C=O) groups excluding carboxylic acids is 1. The summed E-state index contributed by atoms with van der Waals surface area (Å²) >= 11 is 4.60. The SMILES string of the molecule is CSc1ccc([N+](=O)[O-])c(C(=O)CCBr)c1. The number of ketones is 1. The number of thioether (sulfide) groups is 1. The first-order valence-electron chi connectivity index (χ1n) is 4.51. The highest BCUT2D eigenvalue weighted by Gasteiger charge is 2.19. The second-order valence-corrected chi connectivity index (χ2v) is 4.67. The fourth-order valence-electron chi connectivity index (χ4n) is 1.25. The third-order valence-corrected chi connectivity index (χ3v) is 3.14. The van der Waals surface area contributed by atoms with Crippen LogP contribution in [0, 0.1) is 10.1 Å². The Hall–Kier alpha value is -0.880. The number of carbonyl (C=O) groups is 1. The van der Waals surface area contributed by atoms with E-state index in [2.05, 4.69) is 15.9 Å². The van der Waals surface area contributed by atoms with E-state index in [1.54, 1.807) is 12.1 Å². The molecule has 0 fully saturated rings. The summed E-state index contributed by atoms with van der Waals surface area (Å²) in [5.74, 6) is -0.209. The number of benzene rings is 1. The highest BCUT2D eigenvalue weighted by Crippen LogP contribution is 2.25. The Bertz CT molecular complexity index is 423. The zero-order valence-electron chi connectivity index (χ0n) is 8.60. The molecule has 0 atom stereocenters. The van der Waals surface area contributed by atoms with Crippen LogP contribution in [0.2, 0.25) is 0 Å². The van der Waals surface area contributed by atoms with Crippen LogP contribution in [-0.4, -0.2) is 22.3 Å². The summed E-state index contributed by atoms with van der Waals surface area (Å²) < 4.78 is 0. The summed E-state index contributed by atoms with van der Waals surface area (Å²) in [7, 11) is 0. The summed E-state index contributed by atoms with van der Waals surface area (Å²) in [5.41, 5.74) is 0.0695. The van der Waals surface area contributed by atoms with Gasteiger partial charge in [0.1, 0.15) is 0 Å². The lowest BCUT2D eigenvalue weighted by atomic mass is 10.1. The molecular weight excluding hydrogens is 294 g/mol. The number of hydrogen-bond donors (Lipinski definition) is 0. The van der Waals surface area contributed by atoms with Gasteiger partial charge in [0.2, 0.25) is 0 Å². The third kappa shape index (κ3) is 3.05. The summed E-state index contributed by atoms with van der Waals surface area (Å²) in [6, 6.07) is 4.61. The van der Waals surface area contributed by atoms with Crippen molar-refractivity contribution in [2.45, 2.75) is 11.3 Å². The van der Waals surface area contributed by atoms with E-state index in [9.17, 15) is 14.9 Å². The van der Waals surface area contributed by atoms with Crippen molar-refractivity contribution >= 4 is 39.2 Å². The molecule has 86 valence electrons. The Morgan fingerprint density at radius 2 is 2.25 bits per heavy atom. The molecule has 1 rings (SSSR count). The molecule has 0 heterocycles. The van der Waals surface area contributed by atoms with Crippen LogP contribution in [-0.2, 0) is 0 Å². The van der Waals surface area contributed by atoms with Crippen molar-refractivity contribution < 1.29 is 9.72 Å². The van der Waals surface area contributed by atoms with Crippen LogP contribution in [0.4, 0.5) is 5.69 Å². The Balaban J connectivity index is 3.20. The molecule has 1 aromatic rings. The second kappa shape index (κ2) is 6.00. The number of Topliss-reactive ketones (excluding diaryl/α,β-unsaturated/α-hetero) is 1. The van der Waals surface area contributed by atoms with E-state index in [1.165, 1.54) is 17.8 Å². The van der Waals surface area contributed by atoms with Crippen LogP contribution in [0.15, 0.2) is 23.1 Å². The average Bonchev–Trinajstić information content (AvgIpc) is 2.28. The number of nitrogens with zero attached hydrogens (tertiary/aromatic N) is 1. The minimum Gasteiger partial charge on any atom is -0.294 e. The molecule has 0 N–H and O–H groups in total. The van der Waals surface area contributed by atoms with Gasteiger partial charge in [0.05, 0.1) is 10.5 Å². The van der Waals surface area contributed by atoms with Crippen LogP contribution in [0.1, 0.15) is 16.8 Å². The van der Waals surface area contributed by atoms with Gasteiger partial charge in [-0.05, 0) is 18.4 Å². The summed E-state index contributed by atoms with van der Waals surface area (Å²) in [4.78, 5) is 22.8. The lowest BCUT2D eigenvalue weighted by molar-refractivity contribution is -0.385. The van der Waals surface area contributed by atoms with Gasteiger partial charge in [0.15, 0.2) is 5.78 Å². The summed E-state index contributed by atoms with van der Waals surface area (Å²) in [6.07, 6.45) is 2.12. The number of hydrogen-bond acceptors (Lipinski definition) is 4. The molecule has 0 aliphatic heterocycles. The van der Waals surface area contributed by atoms with Gasteiger partial charge in [0.25, 0.3) is 5.69 Å². The van der Waals surface area contributed by atoms with E-state index in [0.717, 1.165) is 4.90 Å². The fraction of sp³-hybridized carbons (Fsp3) is 0.300. The molecule has 0 saturated carbocycles. The Labute approximate surface area is 106 Å². The van der Waals surface area contributed by atoms with Gasteiger partial charge >= 0.3 is 0 Å². The highest BCUT2D eigenvalue weighted by molar-refractivity contribution is 9.09. The number of nitro benzene ring substituents is 1. The quantitative estimate of drug-likeness (QED) is 0.275. The number of rotatable bonds is 5. The monoisotopic (exact) mass is 303 g/mol. The molecule has 0 amide bonds. The Morgan fingerprint density at radius 1 is 1.56 bits per heavy atom. The molecule has 0 aliphatic rings. The molecule has 16 heavy (non-hydrogen) atoms. The summed E-state index contributed by atoms with van der Waals surface area (Å²) in [6.45, 7) is 0. The summed E-state index contributed by atoms with van der Waals surface area (Å²) in [5, 5.41) is 11.3. The molecule has 0 bridgehead atoms. The van der Waals surface area contributed by atoms with Crippen molar-refractivity contribution in [2.24, 2.45) is 0 Å². The Kier molecular flexibility index (Phi) is 4.95. The lowest BCUT2D eigenvalue weighted by Gasteiger charge is -2.03. The van der Waals surface area contributed by atoms with E-state index >= 15 is 0 Å². The standard InChI is InChI=1S/C10H10BrNO3S/c1-16-7-2-3-9(12(14)15)8(6-7)10(13)4-5-11/h2-3,6H,4-5H2,1H3. The van der Waals surface area contributed by atoms with Gasteiger partial charge < -0.3 is 0 Å². The number of halogens is 1. The maximum Gasteiger partial charge on any atom is 0.280 e. The number of alkyl halides is 1. The van der Waals surface area contributed by atoms with Gasteiger partial charge in [-0.2, -0.15) is 0 Å². The second-order valence-electron chi connectivity index (χ2n) is 3.00. The van der Waals surface area contributed by atoms with E-state index in [1.807, 2.05) is 6.26 Å². The van der Waals surface area contributed by atoms with Crippen molar-refractivity contribution in [3.63, 3.8) is 0 Å². The van der Waals surface area contributed by atoms with Crippen LogP contribution < -0.4 is 0 Å². The predicted molar refractivity (Wildman–Crippen MR) is 67.6 cm³/mol. The maximum absolute atomic E-state index is 11.7. The lowest BCUT2D eigenvalue weighted by Crippen LogP contribution is -2.04. The molecule has 0 unspecified atom stereocenters. The predicted octanol–water partition coefficient (Wildman–Crippen LogP) is 3.28. The maximum atomic E-state index is 11.7. The van der Waals surface area contributed by atoms with Gasteiger partial charge in [0, 0.05) is 22.7 Å². The minimum absolute atomic E-state index is 0.122. The zero-order valence-corrected chi connectivity index (χ0v) is 11.0. The van der Waals surface area contributed by atoms with Crippen LogP contribution in [0.5, 0.6) is 0 Å². The van der Waals surface area contributed by atoms with Crippen LogP contribution in [0.25, 0.3) is 0 Å². The van der Waals surface area contributed by atoms with Gasteiger partial charge in [-0.3, -0.25) is 14.9 Å². The Morgan fingerprint density at radius 3 is 2.75 bits per heavy atom. The third-order valence-electron chi connectivity index (χ3n) is 2.02. The van der Waals surface area contributed by atoms with Crippen LogP contribution >= 0.6 is 27.7 Å². The highest BCUT2D eigenvalue weighted by atomic mass is 79.9. The molecule has 0 aliphatic carbocycles. The first-order chi connectivity index (χ1) is 7.60. The number of nitro groups is 1. The largest absolute Gasteiger partial charge is 0.294 e. The van der Waals surface area contributed by atoms with Crippen LogP contribution in [0.3, 0.4) is 0 Å². The molecule has 0 spiro atoms. The molecule has 0 saturated heterocycles. The fourth-order valence-corrected chi connectivity index (χ4v) is 2.05. The topological polar surface area (TPSA) is 60.2 Å². The smallest absolute Gasteiger partial charge is 0.280 e. The first kappa shape index (κ1) is 13.2. The first-order valence-corrected chi connectivity index (χ1v) is 6.86. The van der Waals surface area contributed by atoms with Gasteiger partial charge in [-0.25, -0.2) is 0 Å². The van der Waals surface area contributed by atoms with E-state index in [-0.39, 0.29) is 23.5 Å². The average molecular weight is 304 g/mol. The molecule has 6 heteroatoms. The zero-order chi connectivity index (χ0) is 12.1. The van der Waals surface area contributed by atoms with Crippen molar-refractivity contribution in [1.29, 1.82) is 0 Å². The van der Waals surface area contributed by atoms with Crippen molar-refractivity contribution in [3.8, 4) is 0 Å². The molecule has 0 aromatic heterocycles. The van der Waals surface area contributed by atoms with Gasteiger partial charge in [-0.15, -0.1) is 11.8 Å². The molecular formula is C10H10BrNO3S. The molecule has 0 radical (unpaired) electrons. The molecule has 4 nitrogen and oxygen atoms in total. The van der Waals surface area contributed by atoms with E-state index in [4.69, 9.17) is 0 Å². The molecule has 1 aromatic carbocycles. The van der Waals surface area contributed by atoms with Crippen molar-refractivity contribution in [3.05, 3.63) is 33.9 Å². The normalized spacial score (nSPS) is 10.1. The van der Waals surface area contributed by atoms with Crippen molar-refractivity contribution in [1.82, 2.24) is 0 Å². The van der Waals surface area contributed by atoms with E-state index < -0.39 is 4.92 Å². The minimum atomic E-state index is -0.522. The van der Waals surface area contributed by atoms with Crippen molar-refractivity contribution in [2.75, 3.05) is 11.6 Å².